The van der Waals surface area contributed by atoms with Crippen LogP contribution in [0.25, 0.3) is 6.08 Å². The smallest absolute Gasteiger partial charge is 0.321 e. The highest BCUT2D eigenvalue weighted by molar-refractivity contribution is 5.76. The second-order valence-corrected chi connectivity index (χ2v) is 7.53. The molecule has 2 amide bonds. The fourth-order valence-corrected chi connectivity index (χ4v) is 3.56. The van der Waals surface area contributed by atoms with Crippen LogP contribution < -0.4 is 31.2 Å². The number of urea groups is 1. The molecule has 10 nitrogen and oxygen atoms in total. The number of carbonyl (C=O) groups is 1. The number of nitrogens with one attached hydrogen (secondary N) is 3. The minimum absolute atomic E-state index is 0. The van der Waals surface area contributed by atoms with Crippen molar-refractivity contribution in [1.29, 1.82) is 5.26 Å². The van der Waals surface area contributed by atoms with E-state index in [0.29, 0.717) is 33.9 Å². The minimum Gasteiger partial charge on any atom is -0.497 e. The van der Waals surface area contributed by atoms with Crippen molar-refractivity contribution in [2.75, 3.05) is 26.1 Å². The monoisotopic (exact) mass is 540 g/mol. The number of hydrogen-bond acceptors (Lipinski definition) is 8. The van der Waals surface area contributed by atoms with Crippen LogP contribution in [-0.2, 0) is 0 Å². The molecular weight excluding hydrogens is 496 g/mol. The lowest BCUT2D eigenvalue weighted by Crippen LogP contribution is -2.52. The van der Waals surface area contributed by atoms with Gasteiger partial charge in [-0.1, -0.05) is 52.5 Å². The molecule has 0 spiro atoms. The third kappa shape index (κ3) is 9.10. The van der Waals surface area contributed by atoms with Crippen molar-refractivity contribution in [3.05, 3.63) is 83.7 Å². The first kappa shape index (κ1) is 32.6. The zero-order valence-corrected chi connectivity index (χ0v) is 23.5. The summed E-state index contributed by atoms with van der Waals surface area (Å²) >= 11 is 0. The van der Waals surface area contributed by atoms with E-state index in [0.717, 1.165) is 5.06 Å². The Hall–Kier alpha value is -4.46. The highest BCUT2D eigenvalue weighted by Gasteiger charge is 2.27. The molecule has 0 radical (unpaired) electrons. The molecule has 2 unspecified atom stereocenters. The molecule has 10 heteroatoms. The highest BCUT2D eigenvalue weighted by Crippen LogP contribution is 2.35. The van der Waals surface area contributed by atoms with Crippen LogP contribution in [0.2, 0.25) is 0 Å². The molecular formula is C29H44N6O4. The predicted molar refractivity (Wildman–Crippen MR) is 159 cm³/mol. The number of amides is 2. The summed E-state index contributed by atoms with van der Waals surface area (Å²) in [7, 11) is 3.07. The topological polar surface area (TPSA) is 145 Å². The summed E-state index contributed by atoms with van der Waals surface area (Å²) in [5.74, 6) is 1.26. The van der Waals surface area contributed by atoms with Crippen LogP contribution in [0.5, 0.6) is 11.5 Å². The molecule has 6 N–H and O–H groups in total. The largest absolute Gasteiger partial charge is 0.497 e. The van der Waals surface area contributed by atoms with Crippen molar-refractivity contribution < 1.29 is 22.3 Å². The van der Waals surface area contributed by atoms with E-state index in [1.54, 1.807) is 60.7 Å². The maximum absolute atomic E-state index is 12.7. The highest BCUT2D eigenvalue weighted by atomic mass is 16.5. The van der Waals surface area contributed by atoms with E-state index in [1.165, 1.54) is 14.2 Å². The van der Waals surface area contributed by atoms with Gasteiger partial charge in [-0.25, -0.2) is 9.86 Å². The molecule has 0 fully saturated rings. The average molecular weight is 541 g/mol. The van der Waals surface area contributed by atoms with Gasteiger partial charge in [0.2, 0.25) is 0 Å². The molecule has 214 valence electrons. The number of nitriles is 1. The molecule has 2 aromatic carbocycles. The van der Waals surface area contributed by atoms with Gasteiger partial charge in [-0.2, -0.15) is 5.26 Å². The summed E-state index contributed by atoms with van der Waals surface area (Å²) in [4.78, 5) is 12.7. The normalized spacial score (nSPS) is 13.0. The molecule has 2 atom stereocenters. The Morgan fingerprint density at radius 1 is 1.21 bits per heavy atom. The zero-order valence-electron chi connectivity index (χ0n) is 23.5. The van der Waals surface area contributed by atoms with Gasteiger partial charge in [0.15, 0.2) is 0 Å². The van der Waals surface area contributed by atoms with Gasteiger partial charge in [0.1, 0.15) is 23.5 Å². The number of rotatable bonds is 9. The first-order valence-corrected chi connectivity index (χ1v) is 12.7. The number of nitrogens with two attached hydrogens (primary N) is 1. The van der Waals surface area contributed by atoms with Crippen LogP contribution in [0, 0.1) is 11.3 Å². The van der Waals surface area contributed by atoms with Crippen LogP contribution >= 0.6 is 0 Å². The van der Waals surface area contributed by atoms with Crippen molar-refractivity contribution in [2.45, 2.75) is 39.9 Å². The molecule has 1 heterocycles. The summed E-state index contributed by atoms with van der Waals surface area (Å²) < 4.78 is 11.0. The number of ether oxygens (including phenoxy) is 2. The van der Waals surface area contributed by atoms with Crippen molar-refractivity contribution >= 4 is 17.8 Å². The quantitative estimate of drug-likeness (QED) is 0.258. The van der Waals surface area contributed by atoms with Crippen molar-refractivity contribution in [2.24, 2.45) is 5.73 Å². The second-order valence-electron chi connectivity index (χ2n) is 7.53. The Labute approximate surface area is 234 Å². The van der Waals surface area contributed by atoms with Crippen molar-refractivity contribution in [1.82, 2.24) is 15.7 Å². The van der Waals surface area contributed by atoms with Crippen LogP contribution in [0.1, 0.15) is 53.3 Å². The van der Waals surface area contributed by atoms with E-state index in [-0.39, 0.29) is 15.2 Å². The van der Waals surface area contributed by atoms with Gasteiger partial charge in [0.25, 0.3) is 0 Å². The van der Waals surface area contributed by atoms with Crippen molar-refractivity contribution in [3.63, 3.8) is 0 Å². The summed E-state index contributed by atoms with van der Waals surface area (Å²) in [5.41, 5.74) is 9.00. The Morgan fingerprint density at radius 3 is 2.41 bits per heavy atom. The van der Waals surface area contributed by atoms with Gasteiger partial charge in [0, 0.05) is 20.2 Å². The lowest BCUT2D eigenvalue weighted by Gasteiger charge is -2.30. The maximum atomic E-state index is 12.7. The summed E-state index contributed by atoms with van der Waals surface area (Å²) in [6.07, 6.45) is 5.70. The molecule has 0 saturated carbocycles. The van der Waals surface area contributed by atoms with Crippen LogP contribution in [0.15, 0.2) is 67.0 Å². The van der Waals surface area contributed by atoms with E-state index >= 15 is 0 Å². The van der Waals surface area contributed by atoms with Gasteiger partial charge in [-0.3, -0.25) is 10.5 Å². The number of methoxy groups -OCH3 is 2. The lowest BCUT2D eigenvalue weighted by molar-refractivity contribution is -0.0506. The van der Waals surface area contributed by atoms with Crippen LogP contribution in [0.4, 0.5) is 10.5 Å². The third-order valence-corrected chi connectivity index (χ3v) is 5.32. The molecule has 0 bridgehead atoms. The van der Waals surface area contributed by atoms with E-state index in [2.05, 4.69) is 28.6 Å². The summed E-state index contributed by atoms with van der Waals surface area (Å²) in [6, 6.07) is 11.1. The SMILES string of the molecule is C=Cc1c(OC)cc(OC)cc1C(Nc1ccc(C#N)cc1)C(N)NC(=O)NC1=CC=CCN1O.CC.CC.[HH].[HH]. The fraction of sp³-hybridized carbons (Fsp3) is 0.310. The number of carbonyl (C=O) groups excluding carboxylic acids is 1. The van der Waals surface area contributed by atoms with Gasteiger partial charge in [-0.05, 0) is 42.0 Å². The van der Waals surface area contributed by atoms with Gasteiger partial charge in [0.05, 0.1) is 38.4 Å². The third-order valence-electron chi connectivity index (χ3n) is 5.32. The molecule has 3 rings (SSSR count). The molecule has 2 aromatic rings. The zero-order chi connectivity index (χ0) is 29.4. The number of nitrogens with zero attached hydrogens (tertiary/aromatic N) is 2. The average Bonchev–Trinajstić information content (AvgIpc) is 2.98. The van der Waals surface area contributed by atoms with Gasteiger partial charge < -0.3 is 25.8 Å². The predicted octanol–water partition coefficient (Wildman–Crippen LogP) is 5.60. The first-order valence-electron chi connectivity index (χ1n) is 12.7. The number of hydrogen-bond donors (Lipinski definition) is 5. The minimum atomic E-state index is -0.951. The van der Waals surface area contributed by atoms with Crippen LogP contribution in [0.3, 0.4) is 0 Å². The maximum Gasteiger partial charge on any atom is 0.321 e. The van der Waals surface area contributed by atoms with E-state index < -0.39 is 18.2 Å². The first-order chi connectivity index (χ1) is 18.9. The number of allylic oxidation sites excluding steroid dienone is 2. The van der Waals surface area contributed by atoms with E-state index in [4.69, 9.17) is 20.5 Å². The molecule has 1 aliphatic heterocycles. The van der Waals surface area contributed by atoms with Crippen molar-refractivity contribution in [3.8, 4) is 17.6 Å². The van der Waals surface area contributed by atoms with E-state index in [1.807, 2.05) is 27.7 Å². The Kier molecular flexibility index (Phi) is 14.3. The van der Waals surface area contributed by atoms with Gasteiger partial charge in [-0.15, -0.1) is 0 Å². The molecule has 0 saturated heterocycles. The Bertz CT molecular complexity index is 1180. The van der Waals surface area contributed by atoms with Gasteiger partial charge >= 0.3 is 6.03 Å². The molecule has 1 aliphatic rings. The number of benzene rings is 2. The lowest BCUT2D eigenvalue weighted by atomic mass is 9.96. The van der Waals surface area contributed by atoms with E-state index in [9.17, 15) is 10.0 Å². The summed E-state index contributed by atoms with van der Waals surface area (Å²) in [6.45, 7) is 12.1. The Balaban J connectivity index is 0. The molecule has 0 aliphatic carbocycles. The van der Waals surface area contributed by atoms with Crippen LogP contribution in [-0.4, -0.2) is 43.2 Å². The standard InChI is InChI=1S/C25H28N6O4.2C2H6.2H2/c1-4-19-20(13-18(34-2)14-21(19)35-3)23(28-17-10-8-16(15-26)9-11-17)24(27)30-25(32)29-22-7-5-6-12-31(22)33;2*1-2;;/h4-11,13-14,23-24,28,33H,1,12,27H2,2-3H3,(H2,29,30,32);2*1-2H3;2*1H. The number of hydroxylamine groups is 2. The molecule has 39 heavy (non-hydrogen) atoms. The second kappa shape index (κ2) is 17.1. The summed E-state index contributed by atoms with van der Waals surface area (Å²) in [5, 5.41) is 28.5. The fourth-order valence-electron chi connectivity index (χ4n) is 3.56. The Morgan fingerprint density at radius 2 is 1.87 bits per heavy atom. The molecule has 0 aromatic heterocycles. The number of anilines is 1.